The smallest absolute Gasteiger partial charge is 0.191 e. The summed E-state index contributed by atoms with van der Waals surface area (Å²) >= 11 is 5.30. The minimum atomic E-state index is 0. The molecule has 24 heavy (non-hydrogen) atoms. The first-order valence-corrected chi connectivity index (χ1v) is 9.09. The molecule has 132 valence electrons. The van der Waals surface area contributed by atoms with E-state index in [9.17, 15) is 0 Å². The molecule has 1 aromatic heterocycles. The largest absolute Gasteiger partial charge is 0.355 e. The fourth-order valence-corrected chi connectivity index (χ4v) is 3.19. The van der Waals surface area contributed by atoms with Crippen LogP contribution in [-0.4, -0.2) is 34.6 Å². The predicted molar refractivity (Wildman–Crippen MR) is 116 cm³/mol. The fourth-order valence-electron chi connectivity index (χ4n) is 2.00. The van der Waals surface area contributed by atoms with Crippen molar-refractivity contribution in [3.05, 3.63) is 46.7 Å². The summed E-state index contributed by atoms with van der Waals surface area (Å²) in [4.78, 5) is 5.52. The second-order valence-corrected chi connectivity index (χ2v) is 7.56. The monoisotopic (exact) mass is 523 g/mol. The highest BCUT2D eigenvalue weighted by Gasteiger charge is 2.07. The Bertz CT molecular complexity index is 644. The number of hydrogen-bond donors (Lipinski definition) is 2. The van der Waals surface area contributed by atoms with Crippen molar-refractivity contribution in [2.24, 2.45) is 12.0 Å². The molecule has 8 heteroatoms. The Hall–Kier alpha value is -0.740. The number of nitrogens with zero attached hydrogens (tertiary/aromatic N) is 3. The molecule has 1 atom stereocenters. The molecular weight excluding hydrogens is 501 g/mol. The highest BCUT2D eigenvalue weighted by molar-refractivity contribution is 14.0. The molecule has 1 aromatic carbocycles. The first-order chi connectivity index (χ1) is 11.1. The second-order valence-electron chi connectivity index (χ2n) is 5.14. The Morgan fingerprint density at radius 1 is 1.29 bits per heavy atom. The van der Waals surface area contributed by atoms with Gasteiger partial charge in [0, 0.05) is 41.5 Å². The number of halogens is 2. The van der Waals surface area contributed by atoms with Crippen molar-refractivity contribution in [1.29, 1.82) is 0 Å². The van der Waals surface area contributed by atoms with E-state index in [1.54, 1.807) is 13.2 Å². The zero-order chi connectivity index (χ0) is 16.7. The van der Waals surface area contributed by atoms with Crippen LogP contribution in [0.1, 0.15) is 12.6 Å². The molecule has 0 saturated carbocycles. The Balaban J connectivity index is 0.00000288. The van der Waals surface area contributed by atoms with Crippen molar-refractivity contribution in [3.63, 3.8) is 0 Å². The summed E-state index contributed by atoms with van der Waals surface area (Å²) in [5.74, 6) is 0.800. The van der Waals surface area contributed by atoms with Gasteiger partial charge < -0.3 is 10.6 Å². The van der Waals surface area contributed by atoms with Crippen molar-refractivity contribution in [2.75, 3.05) is 13.6 Å². The van der Waals surface area contributed by atoms with E-state index in [2.05, 4.69) is 67.8 Å². The normalized spacial score (nSPS) is 12.4. The quantitative estimate of drug-likeness (QED) is 0.263. The van der Waals surface area contributed by atoms with Crippen molar-refractivity contribution >= 4 is 57.6 Å². The number of thioether (sulfide) groups is 1. The molecule has 0 bridgehead atoms. The Kier molecular flexibility index (Phi) is 9.75. The maximum Gasteiger partial charge on any atom is 0.191 e. The van der Waals surface area contributed by atoms with Gasteiger partial charge in [0.1, 0.15) is 0 Å². The molecular formula is C16H23BrIN5S. The number of nitrogens with one attached hydrogen (secondary N) is 2. The lowest BCUT2D eigenvalue weighted by atomic mass is 10.4. The van der Waals surface area contributed by atoms with Crippen LogP contribution in [0.2, 0.25) is 0 Å². The Morgan fingerprint density at radius 2 is 2.00 bits per heavy atom. The van der Waals surface area contributed by atoms with E-state index >= 15 is 0 Å². The summed E-state index contributed by atoms with van der Waals surface area (Å²) in [5, 5.41) is 11.3. The van der Waals surface area contributed by atoms with Gasteiger partial charge in [0.2, 0.25) is 0 Å². The van der Waals surface area contributed by atoms with Crippen LogP contribution in [0.15, 0.2) is 50.9 Å². The number of guanidine groups is 1. The van der Waals surface area contributed by atoms with E-state index < -0.39 is 0 Å². The third-order valence-electron chi connectivity index (χ3n) is 3.29. The van der Waals surface area contributed by atoms with E-state index in [-0.39, 0.29) is 24.0 Å². The fraction of sp³-hybridized carbons (Fsp3) is 0.375. The van der Waals surface area contributed by atoms with Gasteiger partial charge in [-0.05, 0) is 30.3 Å². The summed E-state index contributed by atoms with van der Waals surface area (Å²) in [5.41, 5.74) is 1.12. The molecule has 0 saturated heterocycles. The average molecular weight is 524 g/mol. The molecule has 0 fully saturated rings. The summed E-state index contributed by atoms with van der Waals surface area (Å²) in [6.07, 6.45) is 1.80. The third kappa shape index (κ3) is 7.02. The van der Waals surface area contributed by atoms with Crippen LogP contribution >= 0.6 is 51.7 Å². The van der Waals surface area contributed by atoms with Crippen LogP contribution in [0.3, 0.4) is 0 Å². The molecule has 0 aliphatic rings. The first-order valence-electron chi connectivity index (χ1n) is 7.42. The van der Waals surface area contributed by atoms with E-state index in [4.69, 9.17) is 0 Å². The molecule has 0 spiro atoms. The lowest BCUT2D eigenvalue weighted by Crippen LogP contribution is -2.39. The van der Waals surface area contributed by atoms with Crippen molar-refractivity contribution in [3.8, 4) is 0 Å². The zero-order valence-corrected chi connectivity index (χ0v) is 18.7. The summed E-state index contributed by atoms with van der Waals surface area (Å²) in [6.45, 7) is 3.74. The van der Waals surface area contributed by atoms with Crippen molar-refractivity contribution in [1.82, 2.24) is 20.4 Å². The first kappa shape index (κ1) is 21.3. The van der Waals surface area contributed by atoms with Gasteiger partial charge >= 0.3 is 0 Å². The lowest BCUT2D eigenvalue weighted by Gasteiger charge is -2.16. The molecule has 5 nitrogen and oxygen atoms in total. The molecule has 0 aliphatic carbocycles. The van der Waals surface area contributed by atoms with Crippen molar-refractivity contribution in [2.45, 2.75) is 23.6 Å². The standard InChI is InChI=1S/C16H22BrN5S.HI/c1-12(23-15-6-4-13(17)5-7-15)10-19-16(18-2)20-11-14-8-9-21-22(14)3;/h4-9,12H,10-11H2,1-3H3,(H2,18,19,20);1H. The minimum Gasteiger partial charge on any atom is -0.355 e. The molecule has 2 aromatic rings. The number of aryl methyl sites for hydroxylation is 1. The number of hydrogen-bond acceptors (Lipinski definition) is 3. The Labute approximate surface area is 173 Å². The lowest BCUT2D eigenvalue weighted by molar-refractivity contribution is 0.684. The van der Waals surface area contributed by atoms with Gasteiger partial charge in [0.25, 0.3) is 0 Å². The molecule has 0 amide bonds. The number of aromatic nitrogens is 2. The van der Waals surface area contributed by atoms with Gasteiger partial charge in [0.05, 0.1) is 12.2 Å². The van der Waals surface area contributed by atoms with Crippen LogP contribution in [0, 0.1) is 0 Å². The molecule has 0 aliphatic heterocycles. The van der Waals surface area contributed by atoms with Crippen LogP contribution in [-0.2, 0) is 13.6 Å². The Morgan fingerprint density at radius 3 is 2.58 bits per heavy atom. The number of benzene rings is 1. The number of rotatable bonds is 6. The molecule has 0 radical (unpaired) electrons. The van der Waals surface area contributed by atoms with Crippen molar-refractivity contribution < 1.29 is 0 Å². The van der Waals surface area contributed by atoms with Gasteiger partial charge in [-0.15, -0.1) is 35.7 Å². The summed E-state index contributed by atoms with van der Waals surface area (Å²) in [6, 6.07) is 10.4. The maximum atomic E-state index is 4.26. The third-order valence-corrected chi connectivity index (χ3v) is 4.93. The molecule has 2 rings (SSSR count). The predicted octanol–water partition coefficient (Wildman–Crippen LogP) is 3.65. The van der Waals surface area contributed by atoms with Gasteiger partial charge in [-0.1, -0.05) is 22.9 Å². The van der Waals surface area contributed by atoms with E-state index in [0.29, 0.717) is 11.8 Å². The molecule has 2 N–H and O–H groups in total. The topological polar surface area (TPSA) is 54.2 Å². The highest BCUT2D eigenvalue weighted by atomic mass is 127. The average Bonchev–Trinajstić information content (AvgIpc) is 2.95. The second kappa shape index (κ2) is 11.0. The van der Waals surface area contributed by atoms with E-state index in [1.165, 1.54) is 4.90 Å². The van der Waals surface area contributed by atoms with Crippen LogP contribution in [0.5, 0.6) is 0 Å². The van der Waals surface area contributed by atoms with Gasteiger partial charge in [-0.3, -0.25) is 9.67 Å². The van der Waals surface area contributed by atoms with Crippen LogP contribution in [0.4, 0.5) is 0 Å². The van der Waals surface area contributed by atoms with E-state index in [0.717, 1.165) is 22.7 Å². The van der Waals surface area contributed by atoms with Crippen LogP contribution < -0.4 is 10.6 Å². The van der Waals surface area contributed by atoms with Gasteiger partial charge in [-0.2, -0.15) is 5.10 Å². The zero-order valence-electron chi connectivity index (χ0n) is 14.0. The van der Waals surface area contributed by atoms with Gasteiger partial charge in [-0.25, -0.2) is 0 Å². The minimum absolute atomic E-state index is 0. The maximum absolute atomic E-state index is 4.26. The summed E-state index contributed by atoms with van der Waals surface area (Å²) in [7, 11) is 3.72. The molecule has 1 heterocycles. The molecule has 1 unspecified atom stereocenters. The summed E-state index contributed by atoms with van der Waals surface area (Å²) < 4.78 is 2.96. The van der Waals surface area contributed by atoms with Gasteiger partial charge in [0.15, 0.2) is 5.96 Å². The highest BCUT2D eigenvalue weighted by Crippen LogP contribution is 2.24. The van der Waals surface area contributed by atoms with E-state index in [1.807, 2.05) is 29.6 Å². The number of aliphatic imine (C=N–C) groups is 1. The van der Waals surface area contributed by atoms with Crippen LogP contribution in [0.25, 0.3) is 0 Å². The SMILES string of the molecule is CN=C(NCc1ccnn1C)NCC(C)Sc1ccc(Br)cc1.I.